The van der Waals surface area contributed by atoms with E-state index in [1.807, 2.05) is 59.8 Å². The highest BCUT2D eigenvalue weighted by Gasteiger charge is 2.47. The van der Waals surface area contributed by atoms with Crippen molar-refractivity contribution in [2.24, 2.45) is 5.41 Å². The first-order valence-corrected chi connectivity index (χ1v) is 12.2. The van der Waals surface area contributed by atoms with E-state index in [4.69, 9.17) is 4.74 Å². The fourth-order valence-corrected chi connectivity index (χ4v) is 6.05. The summed E-state index contributed by atoms with van der Waals surface area (Å²) in [7, 11) is 3.75. The number of amides is 2. The Morgan fingerprint density at radius 2 is 1.94 bits per heavy atom. The molecule has 2 amide bonds. The average molecular weight is 487 g/mol. The van der Waals surface area contributed by atoms with Crippen LogP contribution in [0.2, 0.25) is 0 Å². The lowest BCUT2D eigenvalue weighted by molar-refractivity contribution is 0.0294. The summed E-state index contributed by atoms with van der Waals surface area (Å²) >= 11 is 0. The second kappa shape index (κ2) is 8.09. The lowest BCUT2D eigenvalue weighted by Crippen LogP contribution is -2.55. The number of nitrogens with zero attached hydrogens (tertiary/aromatic N) is 5. The van der Waals surface area contributed by atoms with Crippen LogP contribution < -0.4 is 10.1 Å². The van der Waals surface area contributed by atoms with Crippen LogP contribution in [0.1, 0.15) is 38.4 Å². The zero-order valence-corrected chi connectivity index (χ0v) is 21.0. The minimum Gasteiger partial charge on any atom is -0.455 e. The van der Waals surface area contributed by atoms with Gasteiger partial charge in [-0.15, -0.1) is 0 Å². The lowest BCUT2D eigenvalue weighted by atomic mass is 9.79. The largest absolute Gasteiger partial charge is 0.455 e. The van der Waals surface area contributed by atoms with Crippen molar-refractivity contribution in [1.29, 1.82) is 0 Å². The van der Waals surface area contributed by atoms with Crippen molar-refractivity contribution in [3.05, 3.63) is 65.2 Å². The summed E-state index contributed by atoms with van der Waals surface area (Å²) < 4.78 is 9.88. The van der Waals surface area contributed by atoms with E-state index in [0.717, 1.165) is 54.8 Å². The number of likely N-dealkylation sites (tertiary alicyclic amines) is 2. The van der Waals surface area contributed by atoms with Crippen molar-refractivity contribution < 1.29 is 14.3 Å². The van der Waals surface area contributed by atoms with Crippen molar-refractivity contribution in [1.82, 2.24) is 29.1 Å². The quantitative estimate of drug-likeness (QED) is 0.479. The molecule has 2 fully saturated rings. The third kappa shape index (κ3) is 3.45. The first-order valence-electron chi connectivity index (χ1n) is 12.2. The van der Waals surface area contributed by atoms with Gasteiger partial charge in [-0.25, -0.2) is 4.52 Å². The van der Waals surface area contributed by atoms with Gasteiger partial charge in [-0.05, 0) is 50.6 Å². The Morgan fingerprint density at radius 3 is 2.69 bits per heavy atom. The molecule has 6 heterocycles. The third-order valence-electron chi connectivity index (χ3n) is 7.66. The molecule has 9 heteroatoms. The fourth-order valence-electron chi connectivity index (χ4n) is 6.05. The van der Waals surface area contributed by atoms with Gasteiger partial charge in [0.2, 0.25) is 0 Å². The molecule has 0 unspecified atom stereocenters. The Morgan fingerprint density at radius 1 is 1.14 bits per heavy atom. The second-order valence-corrected chi connectivity index (χ2v) is 10.3. The summed E-state index contributed by atoms with van der Waals surface area (Å²) in [4.78, 5) is 30.1. The monoisotopic (exact) mass is 486 g/mol. The normalized spacial score (nSPS) is 17.2. The molecule has 186 valence electrons. The van der Waals surface area contributed by atoms with Crippen LogP contribution in [-0.2, 0) is 0 Å². The number of ether oxygens (including phenoxy) is 1. The van der Waals surface area contributed by atoms with Crippen LogP contribution in [0.5, 0.6) is 11.5 Å². The van der Waals surface area contributed by atoms with Gasteiger partial charge in [0.05, 0.1) is 11.8 Å². The molecule has 1 N–H and O–H groups in total. The van der Waals surface area contributed by atoms with Crippen LogP contribution in [0.3, 0.4) is 0 Å². The maximum absolute atomic E-state index is 13.5. The molecule has 0 aliphatic carbocycles. The number of fused-ring (bicyclic) bond motifs is 2. The maximum atomic E-state index is 13.5. The van der Waals surface area contributed by atoms with Crippen molar-refractivity contribution in [3.63, 3.8) is 0 Å². The van der Waals surface area contributed by atoms with Crippen LogP contribution in [0, 0.1) is 19.3 Å². The van der Waals surface area contributed by atoms with Crippen molar-refractivity contribution in [2.75, 3.05) is 40.3 Å². The predicted molar refractivity (Wildman–Crippen MR) is 136 cm³/mol. The van der Waals surface area contributed by atoms with E-state index in [2.05, 4.69) is 22.4 Å². The van der Waals surface area contributed by atoms with E-state index >= 15 is 0 Å². The van der Waals surface area contributed by atoms with Crippen LogP contribution in [0.4, 0.5) is 0 Å². The van der Waals surface area contributed by atoms with Gasteiger partial charge in [-0.2, -0.15) is 5.10 Å². The zero-order chi connectivity index (χ0) is 25.2. The minimum absolute atomic E-state index is 0.0576. The molecule has 2 aliphatic rings. The molecule has 4 aromatic heterocycles. The number of aryl methyl sites for hydroxylation is 2. The highest BCUT2D eigenvalue weighted by molar-refractivity contribution is 5.98. The Bertz CT molecular complexity index is 1530. The standard InChI is InChI=1S/C27H30N6O3/c1-17-11-19-12-20(6-9-32(19)23(17)25(34)28-3)36-22-5-8-29-33-13-21(18(2)24(22)33)26(35)31-10-7-27(16-31)14-30(4)15-27/h5-6,8-9,11-13H,7,10,14-16H2,1-4H3,(H,28,34). The minimum atomic E-state index is -0.133. The van der Waals surface area contributed by atoms with Crippen molar-refractivity contribution >= 4 is 22.8 Å². The topological polar surface area (TPSA) is 83.6 Å². The van der Waals surface area contributed by atoms with Crippen LogP contribution >= 0.6 is 0 Å². The molecule has 36 heavy (non-hydrogen) atoms. The number of hydrogen-bond donors (Lipinski definition) is 1. The Labute approximate surface area is 209 Å². The zero-order valence-electron chi connectivity index (χ0n) is 21.0. The smallest absolute Gasteiger partial charge is 0.268 e. The van der Waals surface area contributed by atoms with Crippen LogP contribution in [-0.4, -0.2) is 75.9 Å². The highest BCUT2D eigenvalue weighted by atomic mass is 16.5. The van der Waals surface area contributed by atoms with Gasteiger partial charge in [0.15, 0.2) is 5.75 Å². The van der Waals surface area contributed by atoms with E-state index in [9.17, 15) is 9.59 Å². The van der Waals surface area contributed by atoms with Crippen molar-refractivity contribution in [3.8, 4) is 11.5 Å². The third-order valence-corrected chi connectivity index (χ3v) is 7.66. The number of pyridine rings is 1. The first-order chi connectivity index (χ1) is 17.3. The number of carbonyl (C=O) groups is 2. The number of aromatic nitrogens is 3. The molecule has 0 atom stereocenters. The van der Waals surface area contributed by atoms with E-state index in [0.29, 0.717) is 22.8 Å². The summed E-state index contributed by atoms with van der Waals surface area (Å²) in [6.07, 6.45) is 6.38. The molecular weight excluding hydrogens is 456 g/mol. The lowest BCUT2D eigenvalue weighted by Gasteiger charge is -2.46. The summed E-state index contributed by atoms with van der Waals surface area (Å²) in [5.41, 5.74) is 4.91. The summed E-state index contributed by atoms with van der Waals surface area (Å²) in [5.74, 6) is 1.19. The molecule has 4 aromatic rings. The van der Waals surface area contributed by atoms with Crippen LogP contribution in [0.25, 0.3) is 11.0 Å². The average Bonchev–Trinajstić information content (AvgIpc) is 3.51. The molecule has 6 rings (SSSR count). The maximum Gasteiger partial charge on any atom is 0.268 e. The summed E-state index contributed by atoms with van der Waals surface area (Å²) in [6, 6.07) is 7.51. The number of carbonyl (C=O) groups excluding carboxylic acids is 2. The summed E-state index contributed by atoms with van der Waals surface area (Å²) in [5, 5.41) is 7.14. The Balaban J connectivity index is 1.30. The fraction of sp³-hybridized carbons (Fsp3) is 0.370. The predicted octanol–water partition coefficient (Wildman–Crippen LogP) is 3.13. The van der Waals surface area contributed by atoms with Gasteiger partial charge >= 0.3 is 0 Å². The molecule has 0 aromatic carbocycles. The van der Waals surface area contributed by atoms with Gasteiger partial charge in [-0.1, -0.05) is 0 Å². The Kier molecular flexibility index (Phi) is 5.08. The summed E-state index contributed by atoms with van der Waals surface area (Å²) in [6.45, 7) is 7.59. The molecule has 0 bridgehead atoms. The Hall–Kier alpha value is -3.85. The van der Waals surface area contributed by atoms with E-state index in [-0.39, 0.29) is 17.2 Å². The molecule has 2 aliphatic heterocycles. The van der Waals surface area contributed by atoms with E-state index in [1.54, 1.807) is 17.8 Å². The number of hydrogen-bond acceptors (Lipinski definition) is 5. The van der Waals surface area contributed by atoms with E-state index in [1.165, 1.54) is 0 Å². The number of nitrogens with one attached hydrogen (secondary N) is 1. The van der Waals surface area contributed by atoms with Crippen molar-refractivity contribution in [2.45, 2.75) is 20.3 Å². The second-order valence-electron chi connectivity index (χ2n) is 10.3. The molecular formula is C27H30N6O3. The van der Waals surface area contributed by atoms with Gasteiger partial charge < -0.3 is 24.3 Å². The SMILES string of the molecule is CNC(=O)c1c(C)cc2cc(Oc3ccnn4cc(C(=O)N5CCC6(CN(C)C6)C5)c(C)c34)ccn12. The van der Waals surface area contributed by atoms with E-state index < -0.39 is 0 Å². The first kappa shape index (κ1) is 22.6. The molecule has 0 radical (unpaired) electrons. The molecule has 1 spiro atoms. The molecule has 0 saturated carbocycles. The highest BCUT2D eigenvalue weighted by Crippen LogP contribution is 2.39. The van der Waals surface area contributed by atoms with Crippen LogP contribution in [0.15, 0.2) is 42.9 Å². The van der Waals surface area contributed by atoms with Gasteiger partial charge in [-0.3, -0.25) is 9.59 Å². The van der Waals surface area contributed by atoms with Gasteiger partial charge in [0.1, 0.15) is 17.0 Å². The number of rotatable bonds is 4. The molecule has 2 saturated heterocycles. The van der Waals surface area contributed by atoms with Gasteiger partial charge in [0, 0.05) is 68.7 Å². The molecule has 9 nitrogen and oxygen atoms in total. The van der Waals surface area contributed by atoms with Gasteiger partial charge in [0.25, 0.3) is 11.8 Å².